The van der Waals surface area contributed by atoms with Gasteiger partial charge in [0.1, 0.15) is 5.76 Å². The molecule has 1 saturated heterocycles. The summed E-state index contributed by atoms with van der Waals surface area (Å²) < 4.78 is 9.82. The largest absolute Gasteiger partial charge is 0.463 e. The van der Waals surface area contributed by atoms with Crippen LogP contribution in [0.2, 0.25) is 0 Å². The van der Waals surface area contributed by atoms with Crippen LogP contribution in [0.15, 0.2) is 16.5 Å². The summed E-state index contributed by atoms with van der Waals surface area (Å²) in [6, 6.07) is 2.74. The molecule has 0 radical (unpaired) electrons. The molecule has 0 saturated carbocycles. The molecule has 2 amide bonds. The molecule has 108 valence electrons. The minimum absolute atomic E-state index is 0.117. The number of nitrogens with zero attached hydrogens (tertiary/aromatic N) is 1. The van der Waals surface area contributed by atoms with E-state index in [9.17, 15) is 14.4 Å². The Labute approximate surface area is 115 Å². The van der Waals surface area contributed by atoms with Gasteiger partial charge in [-0.1, -0.05) is 0 Å². The summed E-state index contributed by atoms with van der Waals surface area (Å²) in [5.41, 5.74) is 0. The smallest absolute Gasteiger partial charge is 0.373 e. The van der Waals surface area contributed by atoms with E-state index in [4.69, 9.17) is 4.42 Å². The molecule has 1 aliphatic rings. The van der Waals surface area contributed by atoms with Crippen LogP contribution in [0.3, 0.4) is 0 Å². The van der Waals surface area contributed by atoms with Gasteiger partial charge in [0.2, 0.25) is 17.6 Å². The summed E-state index contributed by atoms with van der Waals surface area (Å²) in [6.45, 7) is 0.301. The number of carbonyl (C=O) groups is 3. The summed E-state index contributed by atoms with van der Waals surface area (Å²) in [6.07, 6.45) is 0.804. The predicted octanol–water partition coefficient (Wildman–Crippen LogP) is 0.303. The van der Waals surface area contributed by atoms with Crippen LogP contribution in [0.5, 0.6) is 0 Å². The predicted molar refractivity (Wildman–Crippen MR) is 67.7 cm³/mol. The lowest BCUT2D eigenvalue weighted by molar-refractivity contribution is -0.148. The molecule has 1 aliphatic heterocycles. The molecule has 7 nitrogen and oxygen atoms in total. The fraction of sp³-hybridized carbons (Fsp3) is 0.462. The van der Waals surface area contributed by atoms with Crippen LogP contribution in [0, 0.1) is 0 Å². The van der Waals surface area contributed by atoms with E-state index in [0.29, 0.717) is 25.1 Å². The molecule has 0 bridgehead atoms. The molecule has 1 atom stereocenters. The SMILES string of the molecule is COC(=O)c1ccc(CNC2CCC(=O)N(C)C2=O)o1. The van der Waals surface area contributed by atoms with Gasteiger partial charge < -0.3 is 9.15 Å². The molecule has 1 aromatic heterocycles. The van der Waals surface area contributed by atoms with Gasteiger partial charge in [-0.05, 0) is 18.6 Å². The highest BCUT2D eigenvalue weighted by molar-refractivity contribution is 6.00. The van der Waals surface area contributed by atoms with E-state index >= 15 is 0 Å². The van der Waals surface area contributed by atoms with Crippen LogP contribution in [-0.2, 0) is 20.9 Å². The van der Waals surface area contributed by atoms with Crippen molar-refractivity contribution in [2.24, 2.45) is 0 Å². The zero-order valence-corrected chi connectivity index (χ0v) is 11.3. The van der Waals surface area contributed by atoms with Gasteiger partial charge in [-0.3, -0.25) is 19.8 Å². The Kier molecular flexibility index (Phi) is 4.19. The Hall–Kier alpha value is -2.15. The van der Waals surface area contributed by atoms with Crippen molar-refractivity contribution in [3.05, 3.63) is 23.7 Å². The maximum atomic E-state index is 11.9. The van der Waals surface area contributed by atoms with E-state index in [0.717, 1.165) is 4.90 Å². The number of carbonyl (C=O) groups excluding carboxylic acids is 3. The summed E-state index contributed by atoms with van der Waals surface area (Å²) in [7, 11) is 2.75. The number of likely N-dealkylation sites (N-methyl/N-ethyl adjacent to an activating group) is 1. The molecule has 0 aromatic carbocycles. The number of amides is 2. The average molecular weight is 280 g/mol. The minimum atomic E-state index is -0.546. The van der Waals surface area contributed by atoms with Gasteiger partial charge in [-0.15, -0.1) is 0 Å². The van der Waals surface area contributed by atoms with Crippen molar-refractivity contribution < 1.29 is 23.5 Å². The fourth-order valence-corrected chi connectivity index (χ4v) is 2.01. The highest BCUT2D eigenvalue weighted by Crippen LogP contribution is 2.13. The van der Waals surface area contributed by atoms with E-state index in [2.05, 4.69) is 10.1 Å². The van der Waals surface area contributed by atoms with Gasteiger partial charge in [-0.2, -0.15) is 0 Å². The Morgan fingerprint density at radius 2 is 2.25 bits per heavy atom. The van der Waals surface area contributed by atoms with E-state index in [1.54, 1.807) is 6.07 Å². The number of imide groups is 1. The standard InChI is InChI=1S/C13H16N2O5/c1-15-11(16)6-4-9(12(15)17)14-7-8-3-5-10(20-8)13(18)19-2/h3,5,9,14H,4,6-7H2,1-2H3. The molecule has 20 heavy (non-hydrogen) atoms. The number of rotatable bonds is 4. The van der Waals surface area contributed by atoms with Crippen LogP contribution in [0.25, 0.3) is 0 Å². The third-order valence-electron chi connectivity index (χ3n) is 3.22. The normalized spacial score (nSPS) is 19.3. The number of piperidine rings is 1. The molecule has 1 fully saturated rings. The zero-order valence-electron chi connectivity index (χ0n) is 11.3. The molecule has 7 heteroatoms. The van der Waals surface area contributed by atoms with E-state index in [1.807, 2.05) is 0 Å². The van der Waals surface area contributed by atoms with Crippen molar-refractivity contribution in [1.82, 2.24) is 10.2 Å². The fourth-order valence-electron chi connectivity index (χ4n) is 2.01. The first-order valence-electron chi connectivity index (χ1n) is 6.23. The van der Waals surface area contributed by atoms with Gasteiger partial charge in [-0.25, -0.2) is 4.79 Å². The first-order valence-corrected chi connectivity index (χ1v) is 6.23. The quantitative estimate of drug-likeness (QED) is 0.630. The summed E-state index contributed by atoms with van der Waals surface area (Å²) in [5.74, 6) is -0.320. The topological polar surface area (TPSA) is 88.9 Å². The molecule has 2 rings (SSSR count). The molecule has 0 spiro atoms. The van der Waals surface area contributed by atoms with Crippen molar-refractivity contribution in [3.8, 4) is 0 Å². The molecule has 0 aliphatic carbocycles. The zero-order chi connectivity index (χ0) is 14.7. The van der Waals surface area contributed by atoms with Crippen LogP contribution in [-0.4, -0.2) is 42.9 Å². The molecule has 2 heterocycles. The van der Waals surface area contributed by atoms with Gasteiger partial charge in [0.05, 0.1) is 19.7 Å². The number of hydrogen-bond acceptors (Lipinski definition) is 6. The van der Waals surface area contributed by atoms with Crippen molar-refractivity contribution in [2.75, 3.05) is 14.2 Å². The second-order valence-electron chi connectivity index (χ2n) is 4.52. The Bertz CT molecular complexity index is 537. The lowest BCUT2D eigenvalue weighted by atomic mass is 10.0. The van der Waals surface area contributed by atoms with Crippen molar-refractivity contribution >= 4 is 17.8 Å². The average Bonchev–Trinajstić information content (AvgIpc) is 2.92. The molecule has 1 N–H and O–H groups in total. The first kappa shape index (κ1) is 14.3. The lowest BCUT2D eigenvalue weighted by Gasteiger charge is -2.28. The van der Waals surface area contributed by atoms with E-state index in [-0.39, 0.29) is 17.6 Å². The number of esters is 1. The molecular formula is C13H16N2O5. The van der Waals surface area contributed by atoms with Crippen molar-refractivity contribution in [1.29, 1.82) is 0 Å². The van der Waals surface area contributed by atoms with Crippen LogP contribution in [0.1, 0.15) is 29.2 Å². The number of nitrogens with one attached hydrogen (secondary N) is 1. The molecular weight excluding hydrogens is 264 g/mol. The number of methoxy groups -OCH3 is 1. The van der Waals surface area contributed by atoms with Crippen LogP contribution in [0.4, 0.5) is 0 Å². The third-order valence-corrected chi connectivity index (χ3v) is 3.22. The Balaban J connectivity index is 1.92. The second kappa shape index (κ2) is 5.87. The second-order valence-corrected chi connectivity index (χ2v) is 4.52. The number of hydrogen-bond donors (Lipinski definition) is 1. The maximum absolute atomic E-state index is 11.9. The van der Waals surface area contributed by atoms with Gasteiger partial charge >= 0.3 is 5.97 Å². The van der Waals surface area contributed by atoms with Crippen molar-refractivity contribution in [2.45, 2.75) is 25.4 Å². The first-order chi connectivity index (χ1) is 9.52. The molecule has 1 aromatic rings. The third kappa shape index (κ3) is 2.88. The monoisotopic (exact) mass is 280 g/mol. The Morgan fingerprint density at radius 3 is 2.95 bits per heavy atom. The summed E-state index contributed by atoms with van der Waals surface area (Å²) in [5, 5.41) is 3.02. The van der Waals surface area contributed by atoms with E-state index < -0.39 is 12.0 Å². The van der Waals surface area contributed by atoms with Crippen molar-refractivity contribution in [3.63, 3.8) is 0 Å². The summed E-state index contributed by atoms with van der Waals surface area (Å²) in [4.78, 5) is 35.6. The lowest BCUT2D eigenvalue weighted by Crippen LogP contribution is -2.51. The highest BCUT2D eigenvalue weighted by Gasteiger charge is 2.31. The van der Waals surface area contributed by atoms with E-state index in [1.165, 1.54) is 20.2 Å². The van der Waals surface area contributed by atoms with Crippen LogP contribution < -0.4 is 5.32 Å². The van der Waals surface area contributed by atoms with Crippen LogP contribution >= 0.6 is 0 Å². The highest BCUT2D eigenvalue weighted by atomic mass is 16.5. The van der Waals surface area contributed by atoms with Gasteiger partial charge in [0.25, 0.3) is 0 Å². The maximum Gasteiger partial charge on any atom is 0.373 e. The number of furan rings is 1. The number of ether oxygens (including phenoxy) is 1. The Morgan fingerprint density at radius 1 is 1.50 bits per heavy atom. The molecule has 1 unspecified atom stereocenters. The van der Waals surface area contributed by atoms with Gasteiger partial charge in [0, 0.05) is 13.5 Å². The van der Waals surface area contributed by atoms with Gasteiger partial charge in [0.15, 0.2) is 0 Å². The number of likely N-dealkylation sites (tertiary alicyclic amines) is 1. The minimum Gasteiger partial charge on any atom is -0.463 e. The summed E-state index contributed by atoms with van der Waals surface area (Å²) >= 11 is 0.